The number of anilines is 1. The fourth-order valence-corrected chi connectivity index (χ4v) is 3.42. The summed E-state index contributed by atoms with van der Waals surface area (Å²) in [4.78, 5) is 26.6. The van der Waals surface area contributed by atoms with Crippen LogP contribution in [0.1, 0.15) is 28.9 Å². The molecule has 0 spiro atoms. The first kappa shape index (κ1) is 20.0. The first-order valence-electron chi connectivity index (χ1n) is 9.47. The zero-order chi connectivity index (χ0) is 20.1. The summed E-state index contributed by atoms with van der Waals surface area (Å²) < 4.78 is 14.7. The maximum absolute atomic E-state index is 13.0. The van der Waals surface area contributed by atoms with E-state index >= 15 is 0 Å². The number of aryl methyl sites for hydroxylation is 1. The molecule has 0 saturated carbocycles. The molecule has 7 nitrogen and oxygen atoms in total. The molecule has 0 unspecified atom stereocenters. The molecule has 2 N–H and O–H groups in total. The summed E-state index contributed by atoms with van der Waals surface area (Å²) in [6, 6.07) is 5.50. The van der Waals surface area contributed by atoms with Crippen molar-refractivity contribution in [1.29, 1.82) is 0 Å². The molecule has 2 amide bonds. The van der Waals surface area contributed by atoms with Gasteiger partial charge in [-0.1, -0.05) is 0 Å². The average Bonchev–Trinajstić information content (AvgIpc) is 2.99. The Bertz CT molecular complexity index is 834. The number of nitrogens with one attached hydrogen (secondary N) is 2. The lowest BCUT2D eigenvalue weighted by molar-refractivity contribution is -0.117. The summed E-state index contributed by atoms with van der Waals surface area (Å²) in [5.41, 5.74) is 2.08. The zero-order valence-corrected chi connectivity index (χ0v) is 16.2. The fourth-order valence-electron chi connectivity index (χ4n) is 3.42. The third kappa shape index (κ3) is 5.16. The maximum atomic E-state index is 13.0. The average molecular weight is 387 g/mol. The Kier molecular flexibility index (Phi) is 6.41. The van der Waals surface area contributed by atoms with Crippen LogP contribution in [0.2, 0.25) is 0 Å². The Hall–Kier alpha value is -2.74. The van der Waals surface area contributed by atoms with Gasteiger partial charge in [-0.15, -0.1) is 0 Å². The second-order valence-electron chi connectivity index (χ2n) is 7.28. The molecule has 1 atom stereocenters. The zero-order valence-electron chi connectivity index (χ0n) is 16.2. The van der Waals surface area contributed by atoms with Gasteiger partial charge < -0.3 is 10.6 Å². The highest BCUT2D eigenvalue weighted by atomic mass is 19.1. The quantitative estimate of drug-likeness (QED) is 0.794. The number of carbonyl (C=O) groups excluding carboxylic acids is 2. The third-order valence-corrected chi connectivity index (χ3v) is 5.14. The Balaban J connectivity index is 1.45. The molecular weight excluding hydrogens is 361 g/mol. The fraction of sp³-hybridized carbons (Fsp3) is 0.450. The highest BCUT2D eigenvalue weighted by Gasteiger charge is 2.22. The molecule has 150 valence electrons. The number of likely N-dealkylation sites (tertiary alicyclic amines) is 1. The van der Waals surface area contributed by atoms with Gasteiger partial charge in [-0.25, -0.2) is 4.39 Å². The van der Waals surface area contributed by atoms with Crippen molar-refractivity contribution in [3.63, 3.8) is 0 Å². The Labute approximate surface area is 163 Å². The number of hydrogen-bond donors (Lipinski definition) is 2. The first-order valence-corrected chi connectivity index (χ1v) is 9.47. The van der Waals surface area contributed by atoms with Crippen LogP contribution in [0.4, 0.5) is 10.1 Å². The van der Waals surface area contributed by atoms with Crippen molar-refractivity contribution in [3.8, 4) is 0 Å². The van der Waals surface area contributed by atoms with E-state index in [9.17, 15) is 14.0 Å². The lowest BCUT2D eigenvalue weighted by atomic mass is 9.98. The van der Waals surface area contributed by atoms with Crippen molar-refractivity contribution in [2.75, 3.05) is 31.5 Å². The molecule has 1 saturated heterocycles. The van der Waals surface area contributed by atoms with Crippen molar-refractivity contribution in [2.45, 2.75) is 19.8 Å². The first-order chi connectivity index (χ1) is 13.4. The number of piperidine rings is 1. The van der Waals surface area contributed by atoms with Gasteiger partial charge in [0, 0.05) is 25.7 Å². The van der Waals surface area contributed by atoms with E-state index in [1.54, 1.807) is 10.9 Å². The molecule has 1 aliphatic rings. The Morgan fingerprint density at radius 2 is 2.04 bits per heavy atom. The molecule has 28 heavy (non-hydrogen) atoms. The number of halogens is 1. The van der Waals surface area contributed by atoms with Gasteiger partial charge in [0.1, 0.15) is 5.82 Å². The monoisotopic (exact) mass is 387 g/mol. The summed E-state index contributed by atoms with van der Waals surface area (Å²) in [6.45, 7) is 4.38. The minimum absolute atomic E-state index is 0.0629. The van der Waals surface area contributed by atoms with Gasteiger partial charge in [-0.2, -0.15) is 5.10 Å². The molecule has 2 aromatic rings. The van der Waals surface area contributed by atoms with Crippen molar-refractivity contribution >= 4 is 17.5 Å². The van der Waals surface area contributed by atoms with E-state index in [0.717, 1.165) is 37.3 Å². The predicted molar refractivity (Wildman–Crippen MR) is 104 cm³/mol. The summed E-state index contributed by atoms with van der Waals surface area (Å²) in [5.74, 6) is -0.348. The van der Waals surface area contributed by atoms with Crippen LogP contribution in [0.25, 0.3) is 0 Å². The minimum Gasteiger partial charge on any atom is -0.352 e. The smallest absolute Gasteiger partial charge is 0.251 e. The van der Waals surface area contributed by atoms with Crippen molar-refractivity contribution < 1.29 is 14.0 Å². The van der Waals surface area contributed by atoms with Crippen LogP contribution < -0.4 is 10.6 Å². The van der Waals surface area contributed by atoms with Gasteiger partial charge in [0.05, 0.1) is 24.1 Å². The number of benzene rings is 1. The second-order valence-corrected chi connectivity index (χ2v) is 7.28. The van der Waals surface area contributed by atoms with E-state index < -0.39 is 0 Å². The largest absolute Gasteiger partial charge is 0.352 e. The van der Waals surface area contributed by atoms with Gasteiger partial charge >= 0.3 is 0 Å². The Morgan fingerprint density at radius 3 is 2.71 bits per heavy atom. The summed E-state index contributed by atoms with van der Waals surface area (Å²) in [6.07, 6.45) is 3.64. The highest BCUT2D eigenvalue weighted by molar-refractivity contribution is 5.94. The van der Waals surface area contributed by atoms with Crippen molar-refractivity contribution in [3.05, 3.63) is 47.5 Å². The molecule has 0 bridgehead atoms. The lowest BCUT2D eigenvalue weighted by Crippen LogP contribution is -2.43. The van der Waals surface area contributed by atoms with E-state index in [1.807, 2.05) is 14.0 Å². The van der Waals surface area contributed by atoms with Gasteiger partial charge in [-0.05, 0) is 56.5 Å². The van der Waals surface area contributed by atoms with Gasteiger partial charge in [-0.3, -0.25) is 19.2 Å². The number of amides is 2. The summed E-state index contributed by atoms with van der Waals surface area (Å²) in [7, 11) is 1.83. The molecule has 2 heterocycles. The SMILES string of the molecule is Cc1c(NC(=O)CN2CCC[C@H](CNC(=O)c3ccc(F)cc3)C2)cnn1C. The summed E-state index contributed by atoms with van der Waals surface area (Å²) in [5, 5.41) is 9.94. The molecular formula is C20H26FN5O2. The van der Waals surface area contributed by atoms with Crippen LogP contribution in [0.3, 0.4) is 0 Å². The van der Waals surface area contributed by atoms with E-state index in [-0.39, 0.29) is 23.5 Å². The van der Waals surface area contributed by atoms with Crippen LogP contribution in [0.15, 0.2) is 30.5 Å². The standard InChI is InChI=1S/C20H26FN5O2/c1-14-18(11-23-25(14)2)24-19(27)13-26-9-3-4-15(12-26)10-22-20(28)16-5-7-17(21)8-6-16/h5-8,11,15H,3-4,9-10,12-13H2,1-2H3,(H,22,28)(H,24,27)/t15-/m1/s1. The number of rotatable bonds is 6. The molecule has 1 aliphatic heterocycles. The van der Waals surface area contributed by atoms with Crippen LogP contribution >= 0.6 is 0 Å². The molecule has 0 radical (unpaired) electrons. The van der Waals surface area contributed by atoms with Gasteiger partial charge in [0.2, 0.25) is 5.91 Å². The third-order valence-electron chi connectivity index (χ3n) is 5.14. The highest BCUT2D eigenvalue weighted by Crippen LogP contribution is 2.17. The molecule has 8 heteroatoms. The number of hydrogen-bond acceptors (Lipinski definition) is 4. The molecule has 1 aromatic heterocycles. The van der Waals surface area contributed by atoms with E-state index in [4.69, 9.17) is 0 Å². The minimum atomic E-state index is -0.362. The lowest BCUT2D eigenvalue weighted by Gasteiger charge is -2.32. The molecule has 0 aliphatic carbocycles. The van der Waals surface area contributed by atoms with Crippen LogP contribution in [-0.4, -0.2) is 52.7 Å². The molecule has 3 rings (SSSR count). The number of carbonyl (C=O) groups is 2. The van der Waals surface area contributed by atoms with Crippen molar-refractivity contribution in [2.24, 2.45) is 13.0 Å². The number of nitrogens with zero attached hydrogens (tertiary/aromatic N) is 3. The van der Waals surface area contributed by atoms with Crippen molar-refractivity contribution in [1.82, 2.24) is 20.0 Å². The van der Waals surface area contributed by atoms with Crippen LogP contribution in [-0.2, 0) is 11.8 Å². The van der Waals surface area contributed by atoms with Gasteiger partial charge in [0.25, 0.3) is 5.91 Å². The van der Waals surface area contributed by atoms with Gasteiger partial charge in [0.15, 0.2) is 0 Å². The normalized spacial score (nSPS) is 17.3. The molecule has 1 aromatic carbocycles. The van der Waals surface area contributed by atoms with E-state index in [1.165, 1.54) is 24.3 Å². The second kappa shape index (κ2) is 8.97. The number of aromatic nitrogens is 2. The maximum Gasteiger partial charge on any atom is 0.251 e. The van der Waals surface area contributed by atoms with Crippen LogP contribution in [0.5, 0.6) is 0 Å². The molecule has 1 fully saturated rings. The summed E-state index contributed by atoms with van der Waals surface area (Å²) >= 11 is 0. The Morgan fingerprint density at radius 1 is 1.29 bits per heavy atom. The van der Waals surface area contributed by atoms with Crippen LogP contribution in [0, 0.1) is 18.7 Å². The predicted octanol–water partition coefficient (Wildman–Crippen LogP) is 1.95. The van der Waals surface area contributed by atoms with E-state index in [2.05, 4.69) is 20.6 Å². The van der Waals surface area contributed by atoms with E-state index in [0.29, 0.717) is 18.7 Å². The topological polar surface area (TPSA) is 79.3 Å².